The van der Waals surface area contributed by atoms with Crippen molar-refractivity contribution < 1.29 is 4.79 Å². The van der Waals surface area contributed by atoms with Gasteiger partial charge in [-0.2, -0.15) is 0 Å². The lowest BCUT2D eigenvalue weighted by molar-refractivity contribution is 0.232. The number of nitrogens with zero attached hydrogens (tertiary/aromatic N) is 3. The quantitative estimate of drug-likeness (QED) is 0.856. The first-order chi connectivity index (χ1) is 11.1. The van der Waals surface area contributed by atoms with Crippen LogP contribution in [-0.4, -0.2) is 20.8 Å². The number of urea groups is 1. The molecule has 1 heterocycles. The number of aromatic nitrogens is 3. The van der Waals surface area contributed by atoms with Crippen molar-refractivity contribution in [2.24, 2.45) is 7.05 Å². The Balaban J connectivity index is 1.67. The minimum atomic E-state index is -0.191. The van der Waals surface area contributed by atoms with Crippen molar-refractivity contribution in [2.45, 2.75) is 44.7 Å². The Morgan fingerprint density at radius 1 is 1.35 bits per heavy atom. The molecule has 0 fully saturated rings. The van der Waals surface area contributed by atoms with E-state index in [4.69, 9.17) is 0 Å². The highest BCUT2D eigenvalue weighted by atomic mass is 16.2. The molecule has 0 spiro atoms. The van der Waals surface area contributed by atoms with Gasteiger partial charge >= 0.3 is 6.03 Å². The van der Waals surface area contributed by atoms with Crippen LogP contribution in [0.3, 0.4) is 0 Å². The first kappa shape index (κ1) is 15.5. The molecule has 6 heteroatoms. The van der Waals surface area contributed by atoms with Crippen LogP contribution in [0, 0.1) is 0 Å². The summed E-state index contributed by atoms with van der Waals surface area (Å²) < 4.78 is 1.81. The van der Waals surface area contributed by atoms with Crippen LogP contribution >= 0.6 is 0 Å². The van der Waals surface area contributed by atoms with E-state index in [2.05, 4.69) is 39.0 Å². The summed E-state index contributed by atoms with van der Waals surface area (Å²) >= 11 is 0. The lowest BCUT2D eigenvalue weighted by atomic mass is 9.99. The Morgan fingerprint density at radius 3 is 2.96 bits per heavy atom. The molecule has 0 radical (unpaired) electrons. The monoisotopic (exact) mass is 313 g/mol. The first-order valence-electron chi connectivity index (χ1n) is 8.14. The van der Waals surface area contributed by atoms with Crippen molar-refractivity contribution in [3.63, 3.8) is 0 Å². The summed E-state index contributed by atoms with van der Waals surface area (Å²) in [7, 11) is 1.87. The highest BCUT2D eigenvalue weighted by molar-refractivity contribution is 5.75. The Hall–Kier alpha value is -2.37. The van der Waals surface area contributed by atoms with Gasteiger partial charge in [-0.3, -0.25) is 0 Å². The molecule has 6 nitrogen and oxygen atoms in total. The van der Waals surface area contributed by atoms with Gasteiger partial charge in [0.15, 0.2) is 5.82 Å². The molecule has 1 aliphatic rings. The minimum Gasteiger partial charge on any atom is -0.331 e. The number of fused-ring (bicyclic) bond motifs is 1. The number of carbonyl (C=O) groups is 1. The summed E-state index contributed by atoms with van der Waals surface area (Å²) in [5, 5.41) is 14.0. The van der Waals surface area contributed by atoms with E-state index in [1.165, 1.54) is 17.5 Å². The van der Waals surface area contributed by atoms with Gasteiger partial charge in [0.2, 0.25) is 0 Å². The number of nitrogens with one attached hydrogen (secondary N) is 2. The second kappa shape index (κ2) is 6.81. The molecule has 0 aliphatic heterocycles. The van der Waals surface area contributed by atoms with Crippen LogP contribution in [-0.2, 0) is 13.5 Å². The number of aryl methyl sites for hydroxylation is 2. The molecule has 0 saturated carbocycles. The maximum Gasteiger partial charge on any atom is 0.315 e. The minimum absolute atomic E-state index is 0.0698. The van der Waals surface area contributed by atoms with Crippen LogP contribution in [0.25, 0.3) is 0 Å². The van der Waals surface area contributed by atoms with Gasteiger partial charge in [-0.15, -0.1) is 10.2 Å². The average molecular weight is 313 g/mol. The van der Waals surface area contributed by atoms with Crippen molar-refractivity contribution in [1.29, 1.82) is 0 Å². The van der Waals surface area contributed by atoms with Crippen LogP contribution < -0.4 is 10.6 Å². The maximum absolute atomic E-state index is 12.4. The van der Waals surface area contributed by atoms with Gasteiger partial charge in [-0.05, 0) is 37.3 Å². The molecule has 1 aromatic heterocycles. The second-order valence-electron chi connectivity index (χ2n) is 6.14. The SMILES string of the molecule is CC(NC(=O)NC1CCCCc2ccccc21)c1nncn1C. The van der Waals surface area contributed by atoms with E-state index in [1.54, 1.807) is 6.33 Å². The third kappa shape index (κ3) is 3.52. The fraction of sp³-hybridized carbons (Fsp3) is 0.471. The van der Waals surface area contributed by atoms with E-state index in [1.807, 2.05) is 24.6 Å². The Labute approximate surface area is 136 Å². The van der Waals surface area contributed by atoms with Crippen molar-refractivity contribution in [2.75, 3.05) is 0 Å². The number of hydrogen-bond donors (Lipinski definition) is 2. The zero-order valence-electron chi connectivity index (χ0n) is 13.6. The molecule has 0 bridgehead atoms. The van der Waals surface area contributed by atoms with E-state index in [0.29, 0.717) is 0 Å². The van der Waals surface area contributed by atoms with Gasteiger partial charge in [-0.1, -0.05) is 30.7 Å². The lowest BCUT2D eigenvalue weighted by Gasteiger charge is -2.21. The lowest BCUT2D eigenvalue weighted by Crippen LogP contribution is -2.39. The van der Waals surface area contributed by atoms with Crippen LogP contribution in [0.15, 0.2) is 30.6 Å². The number of rotatable bonds is 3. The van der Waals surface area contributed by atoms with Crippen LogP contribution in [0.2, 0.25) is 0 Å². The summed E-state index contributed by atoms with van der Waals surface area (Å²) in [6.45, 7) is 1.91. The highest BCUT2D eigenvalue weighted by Crippen LogP contribution is 2.28. The number of amides is 2. The fourth-order valence-electron chi connectivity index (χ4n) is 3.22. The predicted molar refractivity (Wildman–Crippen MR) is 87.8 cm³/mol. The zero-order chi connectivity index (χ0) is 16.2. The standard InChI is InChI=1S/C17H23N5O/c1-12(16-21-18-11-22(16)2)19-17(23)20-15-10-6-4-8-13-7-3-5-9-14(13)15/h3,5,7,9,11-12,15H,4,6,8,10H2,1-2H3,(H2,19,20,23). The molecule has 23 heavy (non-hydrogen) atoms. The maximum atomic E-state index is 12.4. The third-order valence-electron chi connectivity index (χ3n) is 4.41. The molecule has 122 valence electrons. The molecular formula is C17H23N5O. The molecule has 0 saturated heterocycles. The normalized spacial score (nSPS) is 18.6. The Morgan fingerprint density at radius 2 is 2.17 bits per heavy atom. The van der Waals surface area contributed by atoms with Gasteiger partial charge in [-0.25, -0.2) is 4.79 Å². The molecule has 2 atom stereocenters. The van der Waals surface area contributed by atoms with Crippen LogP contribution in [0.4, 0.5) is 4.79 Å². The summed E-state index contributed by atoms with van der Waals surface area (Å²) in [5.74, 6) is 0.737. The van der Waals surface area contributed by atoms with Gasteiger partial charge in [0.1, 0.15) is 6.33 Å². The van der Waals surface area contributed by atoms with E-state index in [-0.39, 0.29) is 18.1 Å². The molecule has 1 aromatic carbocycles. The first-order valence-corrected chi connectivity index (χ1v) is 8.14. The van der Waals surface area contributed by atoms with Gasteiger partial charge in [0.25, 0.3) is 0 Å². The summed E-state index contributed by atoms with van der Waals surface area (Å²) in [6, 6.07) is 8.11. The predicted octanol–water partition coefficient (Wildman–Crippen LogP) is 2.64. The molecule has 2 aromatic rings. The zero-order valence-corrected chi connectivity index (χ0v) is 13.6. The van der Waals surface area contributed by atoms with E-state index in [0.717, 1.165) is 25.1 Å². The summed E-state index contributed by atoms with van der Waals surface area (Å²) in [5.41, 5.74) is 2.59. The Bertz CT molecular complexity index is 681. The second-order valence-corrected chi connectivity index (χ2v) is 6.14. The fourth-order valence-corrected chi connectivity index (χ4v) is 3.22. The molecule has 2 N–H and O–H groups in total. The molecule has 2 amide bonds. The van der Waals surface area contributed by atoms with Crippen molar-refractivity contribution >= 4 is 6.03 Å². The summed E-state index contributed by atoms with van der Waals surface area (Å²) in [6.07, 6.45) is 5.99. The van der Waals surface area contributed by atoms with Gasteiger partial charge in [0, 0.05) is 7.05 Å². The van der Waals surface area contributed by atoms with E-state index in [9.17, 15) is 4.79 Å². The van der Waals surface area contributed by atoms with E-state index < -0.39 is 0 Å². The number of carbonyl (C=O) groups excluding carboxylic acids is 1. The Kier molecular flexibility index (Phi) is 4.60. The molecular weight excluding hydrogens is 290 g/mol. The number of benzene rings is 1. The van der Waals surface area contributed by atoms with Crippen LogP contribution in [0.1, 0.15) is 55.2 Å². The van der Waals surface area contributed by atoms with Crippen molar-refractivity contribution in [3.05, 3.63) is 47.5 Å². The van der Waals surface area contributed by atoms with Crippen molar-refractivity contribution in [1.82, 2.24) is 25.4 Å². The molecule has 2 unspecified atom stereocenters. The van der Waals surface area contributed by atoms with Crippen LogP contribution in [0.5, 0.6) is 0 Å². The summed E-state index contributed by atoms with van der Waals surface area (Å²) in [4.78, 5) is 12.4. The third-order valence-corrected chi connectivity index (χ3v) is 4.41. The number of hydrogen-bond acceptors (Lipinski definition) is 3. The molecule has 1 aliphatic carbocycles. The van der Waals surface area contributed by atoms with Gasteiger partial charge in [0.05, 0.1) is 12.1 Å². The largest absolute Gasteiger partial charge is 0.331 e. The average Bonchev–Trinajstić information content (AvgIpc) is 2.86. The van der Waals surface area contributed by atoms with Crippen molar-refractivity contribution in [3.8, 4) is 0 Å². The highest BCUT2D eigenvalue weighted by Gasteiger charge is 2.21. The van der Waals surface area contributed by atoms with E-state index >= 15 is 0 Å². The smallest absolute Gasteiger partial charge is 0.315 e. The molecule has 3 rings (SSSR count). The topological polar surface area (TPSA) is 71.8 Å². The van der Waals surface area contributed by atoms with Gasteiger partial charge < -0.3 is 15.2 Å².